The predicted molar refractivity (Wildman–Crippen MR) is 40.0 cm³/mol. The highest BCUT2D eigenvalue weighted by Gasteiger charge is 2.51. The summed E-state index contributed by atoms with van der Waals surface area (Å²) in [7, 11) is 0. The molecule has 1 saturated carbocycles. The van der Waals surface area contributed by atoms with Gasteiger partial charge >= 0.3 is 5.97 Å². The topological polar surface area (TPSA) is 38.3 Å². The molecule has 1 aliphatic heterocycles. The Bertz CT molecular complexity index is 181. The van der Waals surface area contributed by atoms with Crippen LogP contribution >= 0.6 is 0 Å². The molecular weight excluding hydrogens is 142 g/mol. The molecule has 1 N–H and O–H groups in total. The summed E-state index contributed by atoms with van der Waals surface area (Å²) in [6, 6.07) is 0.0138. The number of nitrogens with one attached hydrogen (secondary N) is 1. The van der Waals surface area contributed by atoms with Crippen LogP contribution in [0.2, 0.25) is 0 Å². The number of carbonyl (C=O) groups is 1. The van der Waals surface area contributed by atoms with E-state index in [-0.39, 0.29) is 12.0 Å². The van der Waals surface area contributed by atoms with E-state index in [0.717, 1.165) is 12.5 Å². The van der Waals surface area contributed by atoms with E-state index in [2.05, 4.69) is 5.32 Å². The van der Waals surface area contributed by atoms with E-state index < -0.39 is 0 Å². The molecule has 0 spiro atoms. The highest BCUT2D eigenvalue weighted by molar-refractivity contribution is 5.77. The molecule has 0 aromatic carbocycles. The first kappa shape index (κ1) is 7.10. The van der Waals surface area contributed by atoms with Crippen LogP contribution in [-0.4, -0.2) is 25.2 Å². The summed E-state index contributed by atoms with van der Waals surface area (Å²) in [5, 5.41) is 3.17. The molecule has 0 amide bonds. The fraction of sp³-hybridized carbons (Fsp3) is 0.875. The molecule has 0 unspecified atom stereocenters. The number of piperidine rings is 1. The Labute approximate surface area is 66.1 Å². The van der Waals surface area contributed by atoms with Crippen LogP contribution in [0.5, 0.6) is 0 Å². The first-order valence-corrected chi connectivity index (χ1v) is 4.23. The summed E-state index contributed by atoms with van der Waals surface area (Å²) < 4.78 is 4.92. The number of hydrogen-bond acceptors (Lipinski definition) is 3. The van der Waals surface area contributed by atoms with Crippen molar-refractivity contribution in [1.29, 1.82) is 0 Å². The lowest BCUT2D eigenvalue weighted by Crippen LogP contribution is -2.36. The van der Waals surface area contributed by atoms with E-state index in [1.807, 2.05) is 6.92 Å². The van der Waals surface area contributed by atoms with Crippen LogP contribution < -0.4 is 5.32 Å². The summed E-state index contributed by atoms with van der Waals surface area (Å²) in [5.41, 5.74) is 0. The fourth-order valence-electron chi connectivity index (χ4n) is 1.83. The van der Waals surface area contributed by atoms with Gasteiger partial charge in [-0.2, -0.15) is 0 Å². The Morgan fingerprint density at radius 3 is 3.00 bits per heavy atom. The van der Waals surface area contributed by atoms with Crippen molar-refractivity contribution < 1.29 is 9.53 Å². The third-order valence-corrected chi connectivity index (χ3v) is 2.55. The van der Waals surface area contributed by atoms with Gasteiger partial charge in [-0.1, -0.05) is 0 Å². The number of fused-ring (bicyclic) bond motifs is 1. The molecular formula is C8H13NO2. The number of hydrogen-bond donors (Lipinski definition) is 1. The number of ether oxygens (including phenoxy) is 1. The second-order valence-electron chi connectivity index (χ2n) is 3.30. The maximum Gasteiger partial charge on any atom is 0.323 e. The smallest absolute Gasteiger partial charge is 0.323 e. The largest absolute Gasteiger partial charge is 0.465 e. The fourth-order valence-corrected chi connectivity index (χ4v) is 1.83. The SMILES string of the molecule is CCOC(=O)[C@@H]1NC[C@H]2C[C@@H]21. The monoisotopic (exact) mass is 155 g/mol. The molecule has 0 radical (unpaired) electrons. The minimum atomic E-state index is -0.0579. The average molecular weight is 155 g/mol. The molecule has 0 aromatic heterocycles. The van der Waals surface area contributed by atoms with E-state index in [0.29, 0.717) is 12.5 Å². The first-order valence-electron chi connectivity index (χ1n) is 4.23. The lowest BCUT2D eigenvalue weighted by Gasteiger charge is -2.10. The first-order chi connectivity index (χ1) is 5.33. The Hall–Kier alpha value is -0.570. The van der Waals surface area contributed by atoms with Gasteiger partial charge < -0.3 is 10.1 Å². The highest BCUT2D eigenvalue weighted by atomic mass is 16.5. The molecule has 62 valence electrons. The predicted octanol–water partition coefficient (Wildman–Crippen LogP) is 0.157. The molecule has 11 heavy (non-hydrogen) atoms. The maximum atomic E-state index is 11.2. The van der Waals surface area contributed by atoms with Crippen molar-refractivity contribution >= 4 is 5.97 Å². The lowest BCUT2D eigenvalue weighted by atomic mass is 10.2. The van der Waals surface area contributed by atoms with Crippen molar-refractivity contribution in [3.05, 3.63) is 0 Å². The Balaban J connectivity index is 1.89. The van der Waals surface area contributed by atoms with Gasteiger partial charge in [-0.05, 0) is 31.7 Å². The molecule has 2 rings (SSSR count). The van der Waals surface area contributed by atoms with E-state index in [1.165, 1.54) is 6.42 Å². The summed E-state index contributed by atoms with van der Waals surface area (Å²) in [6.07, 6.45) is 1.22. The van der Waals surface area contributed by atoms with Gasteiger partial charge in [0.1, 0.15) is 6.04 Å². The van der Waals surface area contributed by atoms with Crippen LogP contribution in [0.3, 0.4) is 0 Å². The zero-order valence-corrected chi connectivity index (χ0v) is 6.67. The van der Waals surface area contributed by atoms with Gasteiger partial charge in [-0.3, -0.25) is 4.79 Å². The third kappa shape index (κ3) is 1.13. The standard InChI is InChI=1S/C8H13NO2/c1-2-11-8(10)7-6-3-5(6)4-9-7/h5-7,9H,2-4H2,1H3/t5-,6+,7-/m1/s1. The van der Waals surface area contributed by atoms with Crippen LogP contribution in [-0.2, 0) is 9.53 Å². The average Bonchev–Trinajstić information content (AvgIpc) is 2.63. The van der Waals surface area contributed by atoms with E-state index >= 15 is 0 Å². The van der Waals surface area contributed by atoms with Gasteiger partial charge in [0.2, 0.25) is 0 Å². The van der Waals surface area contributed by atoms with Crippen molar-refractivity contribution in [2.45, 2.75) is 19.4 Å². The number of esters is 1. The van der Waals surface area contributed by atoms with E-state index in [4.69, 9.17) is 4.74 Å². The minimum absolute atomic E-state index is 0.0138. The Kier molecular flexibility index (Phi) is 1.60. The lowest BCUT2D eigenvalue weighted by molar-refractivity contribution is -0.145. The van der Waals surface area contributed by atoms with Gasteiger partial charge in [0.05, 0.1) is 6.61 Å². The molecule has 1 saturated heterocycles. The Morgan fingerprint density at radius 2 is 2.55 bits per heavy atom. The number of carbonyl (C=O) groups excluding carboxylic acids is 1. The molecule has 3 nitrogen and oxygen atoms in total. The second kappa shape index (κ2) is 2.48. The minimum Gasteiger partial charge on any atom is -0.465 e. The summed E-state index contributed by atoms with van der Waals surface area (Å²) in [4.78, 5) is 11.2. The molecule has 3 atom stereocenters. The van der Waals surface area contributed by atoms with E-state index in [9.17, 15) is 4.79 Å². The zero-order valence-electron chi connectivity index (χ0n) is 6.67. The van der Waals surface area contributed by atoms with Crippen molar-refractivity contribution in [3.8, 4) is 0 Å². The van der Waals surface area contributed by atoms with Crippen LogP contribution in [0, 0.1) is 11.8 Å². The summed E-state index contributed by atoms with van der Waals surface area (Å²) >= 11 is 0. The summed E-state index contributed by atoms with van der Waals surface area (Å²) in [5.74, 6) is 1.30. The maximum absolute atomic E-state index is 11.2. The van der Waals surface area contributed by atoms with Gasteiger partial charge in [0, 0.05) is 0 Å². The molecule has 3 heteroatoms. The number of rotatable bonds is 2. The van der Waals surface area contributed by atoms with Crippen LogP contribution in [0.25, 0.3) is 0 Å². The quantitative estimate of drug-likeness (QED) is 0.577. The van der Waals surface area contributed by atoms with Crippen molar-refractivity contribution in [1.82, 2.24) is 5.32 Å². The molecule has 2 aliphatic rings. The van der Waals surface area contributed by atoms with Crippen LogP contribution in [0.1, 0.15) is 13.3 Å². The molecule has 2 fully saturated rings. The molecule has 1 aliphatic carbocycles. The normalized spacial score (nSPS) is 39.9. The molecule has 0 bridgehead atoms. The Morgan fingerprint density at radius 1 is 1.73 bits per heavy atom. The van der Waals surface area contributed by atoms with Crippen molar-refractivity contribution in [2.75, 3.05) is 13.2 Å². The van der Waals surface area contributed by atoms with Gasteiger partial charge in [0.15, 0.2) is 0 Å². The van der Waals surface area contributed by atoms with E-state index in [1.54, 1.807) is 0 Å². The van der Waals surface area contributed by atoms with Gasteiger partial charge in [-0.25, -0.2) is 0 Å². The molecule has 1 heterocycles. The van der Waals surface area contributed by atoms with Gasteiger partial charge in [0.25, 0.3) is 0 Å². The zero-order chi connectivity index (χ0) is 7.84. The second-order valence-corrected chi connectivity index (χ2v) is 3.30. The van der Waals surface area contributed by atoms with Gasteiger partial charge in [-0.15, -0.1) is 0 Å². The van der Waals surface area contributed by atoms with Crippen LogP contribution in [0.15, 0.2) is 0 Å². The summed E-state index contributed by atoms with van der Waals surface area (Å²) in [6.45, 7) is 3.35. The van der Waals surface area contributed by atoms with Crippen LogP contribution in [0.4, 0.5) is 0 Å². The van der Waals surface area contributed by atoms with Crippen molar-refractivity contribution in [2.24, 2.45) is 11.8 Å². The third-order valence-electron chi connectivity index (χ3n) is 2.55. The highest BCUT2D eigenvalue weighted by Crippen LogP contribution is 2.45. The molecule has 0 aromatic rings. The van der Waals surface area contributed by atoms with Crippen molar-refractivity contribution in [3.63, 3.8) is 0 Å².